The van der Waals surface area contributed by atoms with Crippen LogP contribution in [0, 0.1) is 6.92 Å². The summed E-state index contributed by atoms with van der Waals surface area (Å²) in [6, 6.07) is 14.6. The first-order valence-corrected chi connectivity index (χ1v) is 8.46. The summed E-state index contributed by atoms with van der Waals surface area (Å²) in [5.74, 6) is -2.43. The van der Waals surface area contributed by atoms with E-state index in [-0.39, 0.29) is 0 Å². The molecule has 0 aromatic heterocycles. The van der Waals surface area contributed by atoms with Crippen LogP contribution in [0.3, 0.4) is 0 Å². The summed E-state index contributed by atoms with van der Waals surface area (Å²) in [7, 11) is 0. The second kappa shape index (κ2) is 8.75. The lowest BCUT2D eigenvalue weighted by atomic mass is 10.1. The summed E-state index contributed by atoms with van der Waals surface area (Å²) in [4.78, 5) is 0.502. The summed E-state index contributed by atoms with van der Waals surface area (Å²) < 4.78 is 24.5. The van der Waals surface area contributed by atoms with Gasteiger partial charge >= 0.3 is 0 Å². The largest absolute Gasteiger partial charge is 0.331 e. The number of alkyl halides is 2. The number of hydrazone groups is 1. The van der Waals surface area contributed by atoms with Crippen LogP contribution in [-0.2, 0) is 0 Å². The predicted molar refractivity (Wildman–Crippen MR) is 101 cm³/mol. The molecule has 0 radical (unpaired) electrons. The van der Waals surface area contributed by atoms with Gasteiger partial charge in [0.25, 0.3) is 5.76 Å². The molecule has 0 aliphatic heterocycles. The third kappa shape index (κ3) is 5.90. The quantitative estimate of drug-likeness (QED) is 0.338. The molecule has 7 heteroatoms. The van der Waals surface area contributed by atoms with Crippen LogP contribution in [-0.4, -0.2) is 16.6 Å². The van der Waals surface area contributed by atoms with Crippen molar-refractivity contribution in [3.63, 3.8) is 0 Å². The lowest BCUT2D eigenvalue weighted by Gasteiger charge is -2.09. The van der Waals surface area contributed by atoms with Gasteiger partial charge in [0.1, 0.15) is 0 Å². The fraction of sp³-hybridized carbons (Fsp3) is 0.176. The van der Waals surface area contributed by atoms with Crippen LogP contribution in [0.15, 0.2) is 58.5 Å². The minimum atomic E-state index is -2.43. The molecule has 0 amide bonds. The van der Waals surface area contributed by atoms with E-state index in [2.05, 4.69) is 15.8 Å². The number of thiocarbonyl (C=S) groups is 1. The summed E-state index contributed by atoms with van der Waals surface area (Å²) in [5.41, 5.74) is 6.47. The number of hydrogen-bond acceptors (Lipinski definition) is 3. The Morgan fingerprint density at radius 3 is 2.29 bits per heavy atom. The Morgan fingerprint density at radius 1 is 1.08 bits per heavy atom. The Morgan fingerprint density at radius 2 is 1.71 bits per heavy atom. The Hall–Kier alpha value is -1.99. The second-order valence-electron chi connectivity index (χ2n) is 5.03. The van der Waals surface area contributed by atoms with Crippen LogP contribution in [0.5, 0.6) is 0 Å². The van der Waals surface area contributed by atoms with Crippen LogP contribution in [0.4, 0.5) is 14.5 Å². The molecule has 0 bridgehead atoms. The number of thioether (sulfide) groups is 1. The highest BCUT2D eigenvalue weighted by atomic mass is 32.2. The van der Waals surface area contributed by atoms with Gasteiger partial charge in [0.05, 0.1) is 5.71 Å². The van der Waals surface area contributed by atoms with Gasteiger partial charge in [-0.25, -0.2) is 0 Å². The van der Waals surface area contributed by atoms with Gasteiger partial charge in [-0.2, -0.15) is 13.9 Å². The molecule has 126 valence electrons. The van der Waals surface area contributed by atoms with E-state index in [1.165, 1.54) is 5.56 Å². The van der Waals surface area contributed by atoms with E-state index in [4.69, 9.17) is 12.2 Å². The van der Waals surface area contributed by atoms with Crippen molar-refractivity contribution in [2.45, 2.75) is 24.5 Å². The highest BCUT2D eigenvalue weighted by molar-refractivity contribution is 7.99. The Kier molecular flexibility index (Phi) is 6.69. The molecule has 0 heterocycles. The predicted octanol–water partition coefficient (Wildman–Crippen LogP) is 5.02. The van der Waals surface area contributed by atoms with E-state index in [1.54, 1.807) is 24.3 Å². The maximum absolute atomic E-state index is 12.3. The van der Waals surface area contributed by atoms with E-state index in [1.807, 2.05) is 38.1 Å². The van der Waals surface area contributed by atoms with Crippen LogP contribution >= 0.6 is 24.0 Å². The minimum absolute atomic E-state index is 0.329. The number of benzene rings is 2. The van der Waals surface area contributed by atoms with Crippen molar-refractivity contribution in [3.05, 3.63) is 59.7 Å². The lowest BCUT2D eigenvalue weighted by Crippen LogP contribution is -2.24. The fourth-order valence-corrected chi connectivity index (χ4v) is 2.54. The average molecular weight is 365 g/mol. The van der Waals surface area contributed by atoms with Gasteiger partial charge in [-0.15, -0.1) is 0 Å². The number of halogens is 2. The highest BCUT2D eigenvalue weighted by Gasteiger charge is 2.05. The van der Waals surface area contributed by atoms with Gasteiger partial charge in [-0.1, -0.05) is 41.6 Å². The van der Waals surface area contributed by atoms with Crippen LogP contribution < -0.4 is 10.7 Å². The molecule has 0 saturated heterocycles. The zero-order chi connectivity index (χ0) is 17.5. The van der Waals surface area contributed by atoms with Crippen molar-refractivity contribution in [2.24, 2.45) is 5.10 Å². The molecule has 2 rings (SSSR count). The number of rotatable bonds is 5. The zero-order valence-corrected chi connectivity index (χ0v) is 14.8. The first kappa shape index (κ1) is 18.4. The van der Waals surface area contributed by atoms with Crippen LogP contribution in [0.1, 0.15) is 18.1 Å². The molecule has 2 N–H and O–H groups in total. The number of hydrogen-bond donors (Lipinski definition) is 2. The first-order chi connectivity index (χ1) is 11.4. The van der Waals surface area contributed by atoms with E-state index >= 15 is 0 Å². The molecule has 0 unspecified atom stereocenters. The fourth-order valence-electron chi connectivity index (χ4n) is 1.87. The molecule has 24 heavy (non-hydrogen) atoms. The first-order valence-electron chi connectivity index (χ1n) is 7.17. The van der Waals surface area contributed by atoms with Gasteiger partial charge < -0.3 is 5.32 Å². The molecule has 0 saturated carbocycles. The number of nitrogens with one attached hydrogen (secondary N) is 2. The van der Waals surface area contributed by atoms with Crippen molar-refractivity contribution < 1.29 is 8.78 Å². The van der Waals surface area contributed by atoms with Gasteiger partial charge in [-0.05, 0) is 55.9 Å². The molecule has 2 aromatic rings. The number of anilines is 1. The molecule has 0 aliphatic rings. The summed E-state index contributed by atoms with van der Waals surface area (Å²) in [6.07, 6.45) is 0. The second-order valence-corrected chi connectivity index (χ2v) is 6.50. The Bertz CT molecular complexity index is 714. The maximum atomic E-state index is 12.3. The zero-order valence-electron chi connectivity index (χ0n) is 13.2. The molecule has 2 aromatic carbocycles. The van der Waals surface area contributed by atoms with E-state index in [0.29, 0.717) is 27.5 Å². The normalized spacial score (nSPS) is 11.5. The molecule has 0 spiro atoms. The smallest absolute Gasteiger partial charge is 0.288 e. The highest BCUT2D eigenvalue weighted by Crippen LogP contribution is 2.26. The van der Waals surface area contributed by atoms with E-state index in [0.717, 1.165) is 11.3 Å². The average Bonchev–Trinajstić information content (AvgIpc) is 2.54. The summed E-state index contributed by atoms with van der Waals surface area (Å²) >= 11 is 5.68. The maximum Gasteiger partial charge on any atom is 0.288 e. The van der Waals surface area contributed by atoms with Gasteiger partial charge in [0.15, 0.2) is 5.11 Å². The third-order valence-electron chi connectivity index (χ3n) is 3.13. The summed E-state index contributed by atoms with van der Waals surface area (Å²) in [6.45, 7) is 3.91. The van der Waals surface area contributed by atoms with Crippen molar-refractivity contribution in [2.75, 3.05) is 5.32 Å². The van der Waals surface area contributed by atoms with Crippen molar-refractivity contribution >= 4 is 40.5 Å². The molecule has 0 atom stereocenters. The number of nitrogens with zero attached hydrogens (tertiary/aromatic N) is 1. The van der Waals surface area contributed by atoms with Crippen molar-refractivity contribution in [1.82, 2.24) is 5.43 Å². The molecule has 3 nitrogen and oxygen atoms in total. The van der Waals surface area contributed by atoms with Crippen molar-refractivity contribution in [1.29, 1.82) is 0 Å². The van der Waals surface area contributed by atoms with Gasteiger partial charge in [0, 0.05) is 10.6 Å². The SMILES string of the molecule is C/C(=N/NC(=S)Nc1ccc(SC(F)F)cc1)c1ccc(C)cc1. The molecular formula is C17H17F2N3S2. The number of aryl methyl sites for hydroxylation is 1. The third-order valence-corrected chi connectivity index (χ3v) is 4.05. The van der Waals surface area contributed by atoms with E-state index < -0.39 is 5.76 Å². The van der Waals surface area contributed by atoms with Gasteiger partial charge in [0.2, 0.25) is 0 Å². The monoisotopic (exact) mass is 365 g/mol. The molecular weight excluding hydrogens is 348 g/mol. The topological polar surface area (TPSA) is 36.4 Å². The van der Waals surface area contributed by atoms with Crippen molar-refractivity contribution in [3.8, 4) is 0 Å². The lowest BCUT2D eigenvalue weighted by molar-refractivity contribution is 0.252. The molecule has 0 aliphatic carbocycles. The minimum Gasteiger partial charge on any atom is -0.331 e. The standard InChI is InChI=1S/C17H17F2N3S2/c1-11-3-5-13(6-4-11)12(2)21-22-17(23)20-14-7-9-15(10-8-14)24-16(18)19/h3-10,16H,1-2H3,(H2,20,22,23)/b21-12-. The van der Waals surface area contributed by atoms with Gasteiger partial charge in [-0.3, -0.25) is 5.43 Å². The summed E-state index contributed by atoms with van der Waals surface area (Å²) in [5, 5.41) is 7.52. The van der Waals surface area contributed by atoms with E-state index in [9.17, 15) is 8.78 Å². The Balaban J connectivity index is 1.90. The Labute approximate surface area is 149 Å². The molecule has 0 fully saturated rings. The van der Waals surface area contributed by atoms with Crippen LogP contribution in [0.2, 0.25) is 0 Å². The van der Waals surface area contributed by atoms with Crippen LogP contribution in [0.25, 0.3) is 0 Å².